The maximum absolute atomic E-state index is 13.6. The van der Waals surface area contributed by atoms with E-state index in [0.29, 0.717) is 5.75 Å². The lowest BCUT2D eigenvalue weighted by molar-refractivity contribution is 0.480. The average Bonchev–Trinajstić information content (AvgIpc) is 2.92. The molecule has 0 N–H and O–H groups in total. The van der Waals surface area contributed by atoms with E-state index in [9.17, 15) is 4.39 Å². The normalized spacial score (nSPS) is 11.9. The van der Waals surface area contributed by atoms with Crippen molar-refractivity contribution in [1.29, 1.82) is 0 Å². The Balaban J connectivity index is 2.03. The van der Waals surface area contributed by atoms with Crippen molar-refractivity contribution in [3.05, 3.63) is 53.0 Å². The van der Waals surface area contributed by atoms with Gasteiger partial charge in [-0.05, 0) is 47.3 Å². The molecule has 4 rings (SSSR count). The molecule has 0 saturated carbocycles. The molecule has 1 nitrogen and oxygen atoms in total. The molecular weight excluding hydrogens is 303 g/mol. The molecule has 104 valence electrons. The fourth-order valence-corrected chi connectivity index (χ4v) is 3.85. The highest BCUT2D eigenvalue weighted by Gasteiger charge is 2.22. The van der Waals surface area contributed by atoms with Crippen LogP contribution < -0.4 is 4.74 Å². The standard InChI is InChI=1S/C17H11FOS2/c1-20-11-3-5-13-15-9-21-8-14(15)12-4-2-10(18)6-16(12)19-17(13)7-11/h2-9H,1H3. The minimum atomic E-state index is -0.282. The van der Waals surface area contributed by atoms with Crippen LogP contribution in [0.25, 0.3) is 22.3 Å². The first-order valence-electron chi connectivity index (χ1n) is 6.48. The van der Waals surface area contributed by atoms with E-state index in [0.717, 1.165) is 32.9 Å². The molecule has 1 aliphatic rings. The average molecular weight is 314 g/mol. The van der Waals surface area contributed by atoms with Crippen LogP contribution in [0.1, 0.15) is 0 Å². The van der Waals surface area contributed by atoms with Gasteiger partial charge in [-0.1, -0.05) is 0 Å². The Morgan fingerprint density at radius 1 is 0.905 bits per heavy atom. The third-order valence-corrected chi connectivity index (χ3v) is 5.06. The van der Waals surface area contributed by atoms with Gasteiger partial charge in [0.1, 0.15) is 17.3 Å². The lowest BCUT2D eigenvalue weighted by atomic mass is 9.99. The fraction of sp³-hybridized carbons (Fsp3) is 0.0588. The first-order chi connectivity index (χ1) is 10.3. The van der Waals surface area contributed by atoms with Crippen molar-refractivity contribution in [3.63, 3.8) is 0 Å². The molecule has 3 aromatic rings. The molecule has 0 spiro atoms. The summed E-state index contributed by atoms with van der Waals surface area (Å²) in [6, 6.07) is 10.9. The molecule has 0 aliphatic carbocycles. The zero-order valence-corrected chi connectivity index (χ0v) is 12.9. The van der Waals surface area contributed by atoms with Gasteiger partial charge in [-0.25, -0.2) is 4.39 Å². The Hall–Kier alpha value is -1.78. The van der Waals surface area contributed by atoms with Crippen LogP contribution in [-0.4, -0.2) is 6.26 Å². The molecule has 4 heteroatoms. The second-order valence-electron chi connectivity index (χ2n) is 4.80. The van der Waals surface area contributed by atoms with Crippen LogP contribution in [-0.2, 0) is 0 Å². The predicted molar refractivity (Wildman–Crippen MR) is 87.0 cm³/mol. The van der Waals surface area contributed by atoms with Crippen molar-refractivity contribution in [3.8, 4) is 33.8 Å². The van der Waals surface area contributed by atoms with Gasteiger partial charge in [-0.3, -0.25) is 0 Å². The molecule has 2 aromatic carbocycles. The third-order valence-electron chi connectivity index (χ3n) is 3.59. The number of fused-ring (bicyclic) bond motifs is 5. The molecule has 0 bridgehead atoms. The lowest BCUT2D eigenvalue weighted by Crippen LogP contribution is -1.88. The van der Waals surface area contributed by atoms with Crippen molar-refractivity contribution >= 4 is 23.1 Å². The molecule has 21 heavy (non-hydrogen) atoms. The molecule has 1 aliphatic heterocycles. The summed E-state index contributed by atoms with van der Waals surface area (Å²) >= 11 is 3.32. The van der Waals surface area contributed by atoms with E-state index in [1.807, 2.05) is 12.3 Å². The van der Waals surface area contributed by atoms with E-state index >= 15 is 0 Å². The molecule has 1 aromatic heterocycles. The van der Waals surface area contributed by atoms with Gasteiger partial charge in [0, 0.05) is 33.2 Å². The first-order valence-corrected chi connectivity index (χ1v) is 8.65. The minimum absolute atomic E-state index is 0.282. The first kappa shape index (κ1) is 12.9. The number of hydrogen-bond acceptors (Lipinski definition) is 3. The van der Waals surface area contributed by atoms with Crippen molar-refractivity contribution in [2.45, 2.75) is 4.90 Å². The van der Waals surface area contributed by atoms with E-state index in [4.69, 9.17) is 4.74 Å². The molecular formula is C17H11FOS2. The van der Waals surface area contributed by atoms with Crippen LogP contribution in [0.2, 0.25) is 0 Å². The minimum Gasteiger partial charge on any atom is -0.456 e. The third kappa shape index (κ3) is 2.06. The molecule has 0 saturated heterocycles. The molecule has 0 radical (unpaired) electrons. The summed E-state index contributed by atoms with van der Waals surface area (Å²) in [6.07, 6.45) is 2.03. The van der Waals surface area contributed by atoms with Crippen LogP contribution >= 0.6 is 23.1 Å². The van der Waals surface area contributed by atoms with Crippen molar-refractivity contribution < 1.29 is 9.13 Å². The molecule has 0 atom stereocenters. The molecule has 0 amide bonds. The van der Waals surface area contributed by atoms with E-state index in [1.54, 1.807) is 29.2 Å². The van der Waals surface area contributed by atoms with Crippen LogP contribution in [0.15, 0.2) is 52.1 Å². The monoisotopic (exact) mass is 314 g/mol. The number of halogens is 1. The fourth-order valence-electron chi connectivity index (χ4n) is 2.57. The van der Waals surface area contributed by atoms with Gasteiger partial charge < -0.3 is 4.74 Å². The van der Waals surface area contributed by atoms with Gasteiger partial charge in [-0.15, -0.1) is 11.8 Å². The van der Waals surface area contributed by atoms with Gasteiger partial charge >= 0.3 is 0 Å². The van der Waals surface area contributed by atoms with Gasteiger partial charge in [-0.2, -0.15) is 11.3 Å². The number of rotatable bonds is 1. The Morgan fingerprint density at radius 3 is 2.29 bits per heavy atom. The van der Waals surface area contributed by atoms with E-state index < -0.39 is 0 Å². The highest BCUT2D eigenvalue weighted by Crippen LogP contribution is 2.48. The van der Waals surface area contributed by atoms with Gasteiger partial charge in [0.15, 0.2) is 0 Å². The van der Waals surface area contributed by atoms with E-state index in [1.165, 1.54) is 12.1 Å². The zero-order chi connectivity index (χ0) is 14.4. The summed E-state index contributed by atoms with van der Waals surface area (Å²) in [5.41, 5.74) is 4.24. The molecule has 2 heterocycles. The Kier molecular flexibility index (Phi) is 3.01. The van der Waals surface area contributed by atoms with Crippen molar-refractivity contribution in [2.75, 3.05) is 6.26 Å². The maximum atomic E-state index is 13.6. The van der Waals surface area contributed by atoms with Crippen LogP contribution in [0, 0.1) is 5.82 Å². The molecule has 0 unspecified atom stereocenters. The van der Waals surface area contributed by atoms with E-state index in [-0.39, 0.29) is 5.82 Å². The Morgan fingerprint density at radius 2 is 1.57 bits per heavy atom. The summed E-state index contributed by atoms with van der Waals surface area (Å²) < 4.78 is 19.6. The maximum Gasteiger partial charge on any atom is 0.138 e. The van der Waals surface area contributed by atoms with Gasteiger partial charge in [0.05, 0.1) is 0 Å². The number of thiophene rings is 1. The highest BCUT2D eigenvalue weighted by molar-refractivity contribution is 7.98. The number of thioether (sulfide) groups is 1. The number of ether oxygens (including phenoxy) is 1. The highest BCUT2D eigenvalue weighted by atomic mass is 32.2. The van der Waals surface area contributed by atoms with Gasteiger partial charge in [0.2, 0.25) is 0 Å². The molecule has 0 fully saturated rings. The smallest absolute Gasteiger partial charge is 0.138 e. The van der Waals surface area contributed by atoms with Crippen LogP contribution in [0.3, 0.4) is 0 Å². The Labute approximate surface area is 130 Å². The van der Waals surface area contributed by atoms with E-state index in [2.05, 4.69) is 22.9 Å². The lowest BCUT2D eigenvalue weighted by Gasteiger charge is -2.10. The second kappa shape index (κ2) is 4.90. The zero-order valence-electron chi connectivity index (χ0n) is 11.2. The quantitative estimate of drug-likeness (QED) is 0.396. The van der Waals surface area contributed by atoms with Gasteiger partial charge in [0.25, 0.3) is 0 Å². The summed E-state index contributed by atoms with van der Waals surface area (Å²) in [5.74, 6) is 1.08. The topological polar surface area (TPSA) is 9.23 Å². The largest absolute Gasteiger partial charge is 0.456 e. The second-order valence-corrected chi connectivity index (χ2v) is 6.43. The van der Waals surface area contributed by atoms with Crippen LogP contribution in [0.5, 0.6) is 11.5 Å². The van der Waals surface area contributed by atoms with Crippen LogP contribution in [0.4, 0.5) is 4.39 Å². The van der Waals surface area contributed by atoms with Crippen molar-refractivity contribution in [1.82, 2.24) is 0 Å². The summed E-state index contributed by atoms with van der Waals surface area (Å²) in [4.78, 5) is 1.13. The number of hydrogen-bond donors (Lipinski definition) is 0. The summed E-state index contributed by atoms with van der Waals surface area (Å²) in [5, 5.41) is 4.21. The predicted octanol–water partition coefficient (Wildman–Crippen LogP) is 6.05. The number of benzene rings is 2. The van der Waals surface area contributed by atoms with Crippen molar-refractivity contribution in [2.24, 2.45) is 0 Å². The Bertz CT molecular complexity index is 839. The summed E-state index contributed by atoms with van der Waals surface area (Å²) in [7, 11) is 0. The SMILES string of the molecule is CSc1ccc2c(c1)Oc1cc(F)ccc1-c1cscc1-2. The summed E-state index contributed by atoms with van der Waals surface area (Å²) in [6.45, 7) is 0.